The van der Waals surface area contributed by atoms with Crippen LogP contribution < -0.4 is 5.32 Å². The van der Waals surface area contributed by atoms with Crippen molar-refractivity contribution in [2.45, 2.75) is 51.4 Å². The third-order valence-corrected chi connectivity index (χ3v) is 4.72. The predicted molar refractivity (Wildman–Crippen MR) is 80.3 cm³/mol. The van der Waals surface area contributed by atoms with Gasteiger partial charge in [-0.2, -0.15) is 0 Å². The van der Waals surface area contributed by atoms with E-state index in [0.29, 0.717) is 11.4 Å². The van der Waals surface area contributed by atoms with Crippen molar-refractivity contribution >= 4 is 28.2 Å². The Morgan fingerprint density at radius 1 is 1.30 bits per heavy atom. The van der Waals surface area contributed by atoms with E-state index in [4.69, 9.17) is 5.11 Å². The van der Waals surface area contributed by atoms with Gasteiger partial charge < -0.3 is 10.4 Å². The van der Waals surface area contributed by atoms with Gasteiger partial charge >= 0.3 is 5.97 Å². The maximum atomic E-state index is 11.8. The molecule has 1 saturated carbocycles. The summed E-state index contributed by atoms with van der Waals surface area (Å²) in [7, 11) is 0. The van der Waals surface area contributed by atoms with Gasteiger partial charge in [-0.15, -0.1) is 11.3 Å². The van der Waals surface area contributed by atoms with E-state index in [1.165, 1.54) is 49.5 Å². The first-order valence-electron chi connectivity index (χ1n) is 7.27. The summed E-state index contributed by atoms with van der Waals surface area (Å²) in [4.78, 5) is 22.8. The van der Waals surface area contributed by atoms with Gasteiger partial charge in [0.15, 0.2) is 0 Å². The number of rotatable bonds is 6. The molecule has 1 aliphatic rings. The van der Waals surface area contributed by atoms with Crippen LogP contribution >= 0.6 is 11.3 Å². The van der Waals surface area contributed by atoms with E-state index in [-0.39, 0.29) is 11.5 Å². The number of aromatic carboxylic acids is 1. The highest BCUT2D eigenvalue weighted by molar-refractivity contribution is 7.14. The van der Waals surface area contributed by atoms with Crippen molar-refractivity contribution in [3.05, 3.63) is 17.0 Å². The van der Waals surface area contributed by atoms with Gasteiger partial charge in [-0.3, -0.25) is 4.79 Å². The Labute approximate surface area is 123 Å². The van der Waals surface area contributed by atoms with Crippen LogP contribution in [0.3, 0.4) is 0 Å². The second kappa shape index (κ2) is 7.43. The molecule has 4 nitrogen and oxygen atoms in total. The monoisotopic (exact) mass is 295 g/mol. The average molecular weight is 295 g/mol. The lowest BCUT2D eigenvalue weighted by Gasteiger charge is -2.21. The molecule has 0 spiro atoms. The molecule has 110 valence electrons. The third-order valence-electron chi connectivity index (χ3n) is 3.89. The predicted octanol–water partition coefficient (Wildman–Crippen LogP) is 4.14. The largest absolute Gasteiger partial charge is 0.478 e. The Bertz CT molecular complexity index is 463. The average Bonchev–Trinajstić information content (AvgIpc) is 2.88. The molecule has 5 heteroatoms. The molecule has 0 aliphatic heterocycles. The van der Waals surface area contributed by atoms with Crippen LogP contribution in [-0.4, -0.2) is 17.0 Å². The number of carbonyl (C=O) groups is 2. The molecule has 2 N–H and O–H groups in total. The van der Waals surface area contributed by atoms with E-state index in [1.54, 1.807) is 5.38 Å². The minimum Gasteiger partial charge on any atom is -0.478 e. The standard InChI is InChI=1S/C15H21NO3S/c17-13(8-4-7-11-5-2-1-3-6-11)16-14-12(15(18)19)9-10-20-14/h9-11H,1-8H2,(H,16,17)(H,18,19). The Balaban J connectivity index is 1.72. The smallest absolute Gasteiger partial charge is 0.338 e. The van der Waals surface area contributed by atoms with Crippen LogP contribution in [0.5, 0.6) is 0 Å². The Hall–Kier alpha value is -1.36. The molecule has 0 aromatic carbocycles. The van der Waals surface area contributed by atoms with Gasteiger partial charge in [-0.25, -0.2) is 4.79 Å². The molecule has 0 saturated heterocycles. The van der Waals surface area contributed by atoms with Crippen LogP contribution in [0.25, 0.3) is 0 Å². The lowest BCUT2D eigenvalue weighted by Crippen LogP contribution is -2.13. The van der Waals surface area contributed by atoms with Crippen molar-refractivity contribution in [2.24, 2.45) is 5.92 Å². The van der Waals surface area contributed by atoms with Crippen molar-refractivity contribution in [1.82, 2.24) is 0 Å². The fraction of sp³-hybridized carbons (Fsp3) is 0.600. The normalized spacial score (nSPS) is 16.0. The molecule has 1 aromatic heterocycles. The lowest BCUT2D eigenvalue weighted by atomic mass is 9.86. The topological polar surface area (TPSA) is 66.4 Å². The lowest BCUT2D eigenvalue weighted by molar-refractivity contribution is -0.116. The first kappa shape index (κ1) is 15.0. The summed E-state index contributed by atoms with van der Waals surface area (Å²) >= 11 is 1.25. The number of carboxylic acid groups (broad SMARTS) is 1. The zero-order chi connectivity index (χ0) is 14.4. The zero-order valence-electron chi connectivity index (χ0n) is 11.6. The molecule has 0 atom stereocenters. The van der Waals surface area contributed by atoms with E-state index in [9.17, 15) is 9.59 Å². The number of carbonyl (C=O) groups excluding carboxylic acids is 1. The van der Waals surface area contributed by atoms with Crippen molar-refractivity contribution < 1.29 is 14.7 Å². The van der Waals surface area contributed by atoms with Crippen molar-refractivity contribution in [3.63, 3.8) is 0 Å². The van der Waals surface area contributed by atoms with Gasteiger partial charge in [0.1, 0.15) is 5.00 Å². The van der Waals surface area contributed by atoms with E-state index >= 15 is 0 Å². The van der Waals surface area contributed by atoms with Gasteiger partial charge in [-0.05, 0) is 30.2 Å². The number of hydrogen-bond donors (Lipinski definition) is 2. The Morgan fingerprint density at radius 3 is 2.75 bits per heavy atom. The molecular weight excluding hydrogens is 274 g/mol. The summed E-state index contributed by atoms with van der Waals surface area (Å²) in [5.74, 6) is -0.289. The maximum absolute atomic E-state index is 11.8. The van der Waals surface area contributed by atoms with Crippen LogP contribution in [0.15, 0.2) is 11.4 Å². The van der Waals surface area contributed by atoms with E-state index in [0.717, 1.165) is 18.8 Å². The summed E-state index contributed by atoms with van der Waals surface area (Å²) in [5.41, 5.74) is 0.177. The summed E-state index contributed by atoms with van der Waals surface area (Å²) in [6.07, 6.45) is 9.10. The molecule has 0 bridgehead atoms. The molecule has 1 amide bonds. The van der Waals surface area contributed by atoms with Crippen LogP contribution in [0, 0.1) is 5.92 Å². The fourth-order valence-corrected chi connectivity index (χ4v) is 3.59. The van der Waals surface area contributed by atoms with Gasteiger partial charge in [-0.1, -0.05) is 32.1 Å². The summed E-state index contributed by atoms with van der Waals surface area (Å²) in [5, 5.41) is 13.8. The Kier molecular flexibility index (Phi) is 5.59. The molecule has 20 heavy (non-hydrogen) atoms. The minimum absolute atomic E-state index is 0.0780. The minimum atomic E-state index is -0.997. The number of hydrogen-bond acceptors (Lipinski definition) is 3. The Morgan fingerprint density at radius 2 is 2.05 bits per heavy atom. The van der Waals surface area contributed by atoms with E-state index in [2.05, 4.69) is 5.32 Å². The van der Waals surface area contributed by atoms with Crippen LogP contribution in [-0.2, 0) is 4.79 Å². The second-order valence-electron chi connectivity index (χ2n) is 5.41. The summed E-state index contributed by atoms with van der Waals surface area (Å²) in [6, 6.07) is 1.52. The second-order valence-corrected chi connectivity index (χ2v) is 6.33. The molecule has 0 unspecified atom stereocenters. The summed E-state index contributed by atoms with van der Waals surface area (Å²) in [6.45, 7) is 0. The maximum Gasteiger partial charge on any atom is 0.338 e. The molecule has 1 aromatic rings. The number of anilines is 1. The van der Waals surface area contributed by atoms with Crippen molar-refractivity contribution in [1.29, 1.82) is 0 Å². The number of carboxylic acids is 1. The highest BCUT2D eigenvalue weighted by Gasteiger charge is 2.15. The highest BCUT2D eigenvalue weighted by atomic mass is 32.1. The quantitative estimate of drug-likeness (QED) is 0.829. The van der Waals surface area contributed by atoms with E-state index in [1.807, 2.05) is 0 Å². The van der Waals surface area contributed by atoms with Gasteiger partial charge in [0.2, 0.25) is 5.91 Å². The molecule has 1 heterocycles. The molecule has 1 aliphatic carbocycles. The van der Waals surface area contributed by atoms with Crippen LogP contribution in [0.4, 0.5) is 5.00 Å². The fourth-order valence-electron chi connectivity index (χ4n) is 2.79. The third kappa shape index (κ3) is 4.34. The molecule has 0 radical (unpaired) electrons. The van der Waals surface area contributed by atoms with Gasteiger partial charge in [0.25, 0.3) is 0 Å². The number of amides is 1. The molecule has 2 rings (SSSR count). The van der Waals surface area contributed by atoms with Crippen molar-refractivity contribution in [3.8, 4) is 0 Å². The van der Waals surface area contributed by atoms with Gasteiger partial charge in [0.05, 0.1) is 5.56 Å². The SMILES string of the molecule is O=C(CCCC1CCCCC1)Nc1sccc1C(=O)O. The van der Waals surface area contributed by atoms with Crippen LogP contribution in [0.2, 0.25) is 0 Å². The number of thiophene rings is 1. The summed E-state index contributed by atoms with van der Waals surface area (Å²) < 4.78 is 0. The van der Waals surface area contributed by atoms with Crippen LogP contribution in [0.1, 0.15) is 61.7 Å². The highest BCUT2D eigenvalue weighted by Crippen LogP contribution is 2.28. The van der Waals surface area contributed by atoms with Gasteiger partial charge in [0, 0.05) is 6.42 Å². The first-order valence-corrected chi connectivity index (χ1v) is 8.15. The number of nitrogens with one attached hydrogen (secondary N) is 1. The molecule has 1 fully saturated rings. The zero-order valence-corrected chi connectivity index (χ0v) is 12.4. The first-order chi connectivity index (χ1) is 9.66. The van der Waals surface area contributed by atoms with Crippen molar-refractivity contribution in [2.75, 3.05) is 5.32 Å². The molecular formula is C15H21NO3S. The van der Waals surface area contributed by atoms with E-state index < -0.39 is 5.97 Å².